The van der Waals surface area contributed by atoms with E-state index in [1.54, 1.807) is 37.4 Å². The minimum atomic E-state index is -4.44. The number of nitrogens with one attached hydrogen (secondary N) is 2. The summed E-state index contributed by atoms with van der Waals surface area (Å²) in [5.41, 5.74) is 0.595. The fourth-order valence-electron chi connectivity index (χ4n) is 4.52. The lowest BCUT2D eigenvalue weighted by Crippen LogP contribution is -2.44. The van der Waals surface area contributed by atoms with Crippen LogP contribution in [0.15, 0.2) is 54.7 Å². The zero-order chi connectivity index (χ0) is 19.9. The van der Waals surface area contributed by atoms with Gasteiger partial charge in [-0.2, -0.15) is 13.2 Å². The van der Waals surface area contributed by atoms with Crippen LogP contribution in [-0.4, -0.2) is 16.1 Å². The highest BCUT2D eigenvalue weighted by atomic mass is 19.4. The maximum absolute atomic E-state index is 15.0. The number of rotatable bonds is 5. The van der Waals surface area contributed by atoms with Crippen LogP contribution in [-0.2, 0) is 5.41 Å². The van der Waals surface area contributed by atoms with Crippen molar-refractivity contribution in [2.45, 2.75) is 44.7 Å². The summed E-state index contributed by atoms with van der Waals surface area (Å²) >= 11 is 0. The lowest BCUT2D eigenvalue weighted by Gasteiger charge is -2.37. The molecule has 0 spiro atoms. The molecular weight excluding hydrogens is 361 g/mol. The summed E-state index contributed by atoms with van der Waals surface area (Å²) in [5.74, 6) is 0. The van der Waals surface area contributed by atoms with Gasteiger partial charge in [0, 0.05) is 39.3 Å². The maximum Gasteiger partial charge on any atom is 0.402 e. The molecule has 4 rings (SSSR count). The van der Waals surface area contributed by atoms with E-state index in [1.807, 2.05) is 31.2 Å². The van der Waals surface area contributed by atoms with Crippen LogP contribution in [0.2, 0.25) is 0 Å². The lowest BCUT2D eigenvalue weighted by molar-refractivity contribution is -0.180. The third-order valence-corrected chi connectivity index (χ3v) is 5.76. The molecule has 0 saturated heterocycles. The van der Waals surface area contributed by atoms with Crippen LogP contribution in [0.4, 0.5) is 13.2 Å². The van der Waals surface area contributed by atoms with Gasteiger partial charge in [-0.1, -0.05) is 56.2 Å². The van der Waals surface area contributed by atoms with E-state index in [9.17, 15) is 0 Å². The average Bonchev–Trinajstić information content (AvgIpc) is 3.23. The Kier molecular flexibility index (Phi) is 4.48. The largest absolute Gasteiger partial charge is 0.402 e. The van der Waals surface area contributed by atoms with Crippen LogP contribution in [0.25, 0.3) is 21.8 Å². The van der Waals surface area contributed by atoms with Crippen LogP contribution in [0, 0.1) is 6.92 Å². The Morgan fingerprint density at radius 2 is 1.54 bits per heavy atom. The van der Waals surface area contributed by atoms with Gasteiger partial charge in [-0.25, -0.2) is 0 Å². The number of hydrogen-bond acceptors (Lipinski definition) is 0. The molecule has 0 aliphatic rings. The number of unbranched alkanes of at least 4 members (excludes halogenated alkanes) is 1. The van der Waals surface area contributed by atoms with Crippen molar-refractivity contribution in [3.8, 4) is 0 Å². The first-order valence-corrected chi connectivity index (χ1v) is 9.61. The van der Waals surface area contributed by atoms with Crippen LogP contribution < -0.4 is 0 Å². The van der Waals surface area contributed by atoms with E-state index in [4.69, 9.17) is 0 Å². The van der Waals surface area contributed by atoms with Crippen molar-refractivity contribution in [2.75, 3.05) is 0 Å². The Balaban J connectivity index is 2.13. The molecule has 2 aromatic heterocycles. The van der Waals surface area contributed by atoms with Gasteiger partial charge in [-0.3, -0.25) is 0 Å². The van der Waals surface area contributed by atoms with Crippen LogP contribution in [0.1, 0.15) is 43.0 Å². The SMILES string of the molecule is CCCCC(c1c[nH]c2ccccc12)(c1c(C)[nH]c2ccccc12)C(F)(F)F. The molecule has 146 valence electrons. The zero-order valence-corrected chi connectivity index (χ0v) is 16.0. The number of para-hydroxylation sites is 2. The molecule has 1 atom stereocenters. The Morgan fingerprint density at radius 1 is 0.893 bits per heavy atom. The first-order chi connectivity index (χ1) is 13.4. The summed E-state index contributed by atoms with van der Waals surface area (Å²) in [5, 5.41) is 1.26. The zero-order valence-electron chi connectivity index (χ0n) is 16.0. The van der Waals surface area contributed by atoms with Gasteiger partial charge in [0.15, 0.2) is 0 Å². The van der Waals surface area contributed by atoms with Gasteiger partial charge < -0.3 is 9.97 Å². The molecule has 0 saturated carbocycles. The van der Waals surface area contributed by atoms with E-state index in [0.29, 0.717) is 40.4 Å². The molecule has 2 aromatic carbocycles. The van der Waals surface area contributed by atoms with Crippen LogP contribution >= 0.6 is 0 Å². The highest BCUT2D eigenvalue weighted by Crippen LogP contribution is 2.54. The van der Waals surface area contributed by atoms with E-state index in [1.165, 1.54) is 0 Å². The molecule has 2 N–H and O–H groups in total. The number of aromatic amines is 2. The summed E-state index contributed by atoms with van der Waals surface area (Å²) in [4.78, 5) is 6.24. The van der Waals surface area contributed by atoms with Crippen LogP contribution in [0.5, 0.6) is 0 Å². The standard InChI is InChI=1S/C23H23F3N2/c1-3-4-13-22(23(24,25)26,18-14-27-19-11-7-5-9-16(18)19)21-15(2)28-20-12-8-6-10-17(20)21/h5-12,14,27-28H,3-4,13H2,1-2H3. The Labute approximate surface area is 161 Å². The Hall–Kier alpha value is -2.69. The number of H-pyrrole nitrogens is 2. The summed E-state index contributed by atoms with van der Waals surface area (Å²) in [6, 6.07) is 14.5. The van der Waals surface area contributed by atoms with E-state index in [2.05, 4.69) is 9.97 Å². The summed E-state index contributed by atoms with van der Waals surface area (Å²) in [6.07, 6.45) is -1.70. The molecule has 5 heteroatoms. The van der Waals surface area contributed by atoms with Gasteiger partial charge >= 0.3 is 6.18 Å². The van der Waals surface area contributed by atoms with Crippen molar-refractivity contribution >= 4 is 21.8 Å². The monoisotopic (exact) mass is 384 g/mol. The first-order valence-electron chi connectivity index (χ1n) is 9.61. The number of halogens is 3. The molecule has 2 heterocycles. The molecule has 0 aliphatic heterocycles. The van der Waals surface area contributed by atoms with E-state index >= 15 is 13.2 Å². The molecule has 1 unspecified atom stereocenters. The lowest BCUT2D eigenvalue weighted by atomic mass is 9.69. The topological polar surface area (TPSA) is 31.6 Å². The third-order valence-electron chi connectivity index (χ3n) is 5.76. The second-order valence-corrected chi connectivity index (χ2v) is 7.43. The smallest absolute Gasteiger partial charge is 0.361 e. The molecule has 2 nitrogen and oxygen atoms in total. The van der Waals surface area contributed by atoms with Crippen molar-refractivity contribution in [2.24, 2.45) is 0 Å². The van der Waals surface area contributed by atoms with E-state index < -0.39 is 11.6 Å². The molecule has 0 fully saturated rings. The minimum Gasteiger partial charge on any atom is -0.361 e. The number of hydrogen-bond donors (Lipinski definition) is 2. The average molecular weight is 384 g/mol. The van der Waals surface area contributed by atoms with Gasteiger partial charge in [0.2, 0.25) is 0 Å². The molecule has 0 radical (unpaired) electrons. The van der Waals surface area contributed by atoms with Crippen molar-refractivity contribution < 1.29 is 13.2 Å². The quantitative estimate of drug-likeness (QED) is 0.371. The maximum atomic E-state index is 15.0. The van der Waals surface area contributed by atoms with Gasteiger partial charge in [0.1, 0.15) is 5.41 Å². The van der Waals surface area contributed by atoms with Gasteiger partial charge in [0.05, 0.1) is 0 Å². The van der Waals surface area contributed by atoms with Gasteiger partial charge in [0.25, 0.3) is 0 Å². The number of fused-ring (bicyclic) bond motifs is 2. The van der Waals surface area contributed by atoms with Crippen molar-refractivity contribution in [3.05, 3.63) is 71.5 Å². The minimum absolute atomic E-state index is 0.0114. The Bertz CT molecular complexity index is 1120. The molecule has 4 aromatic rings. The molecule has 28 heavy (non-hydrogen) atoms. The fourth-order valence-corrected chi connectivity index (χ4v) is 4.52. The fraction of sp³-hybridized carbons (Fsp3) is 0.304. The molecular formula is C23H23F3N2. The number of benzene rings is 2. The molecule has 0 amide bonds. The van der Waals surface area contributed by atoms with Crippen molar-refractivity contribution in [1.29, 1.82) is 0 Å². The van der Waals surface area contributed by atoms with E-state index in [-0.39, 0.29) is 6.42 Å². The molecule has 0 aliphatic carbocycles. The van der Waals surface area contributed by atoms with Gasteiger partial charge in [-0.15, -0.1) is 0 Å². The van der Waals surface area contributed by atoms with E-state index in [0.717, 1.165) is 11.0 Å². The highest BCUT2D eigenvalue weighted by Gasteiger charge is 2.58. The Morgan fingerprint density at radius 3 is 2.21 bits per heavy atom. The highest BCUT2D eigenvalue weighted by molar-refractivity contribution is 5.90. The predicted molar refractivity (Wildman–Crippen MR) is 108 cm³/mol. The second kappa shape index (κ2) is 6.73. The van der Waals surface area contributed by atoms with Crippen LogP contribution in [0.3, 0.4) is 0 Å². The molecule has 0 bridgehead atoms. The normalized spacial score (nSPS) is 14.6. The number of alkyl halides is 3. The van der Waals surface area contributed by atoms with Crippen molar-refractivity contribution in [1.82, 2.24) is 9.97 Å². The predicted octanol–water partition coefficient (Wildman–Crippen LogP) is 7.00. The number of aryl methyl sites for hydroxylation is 1. The summed E-state index contributed by atoms with van der Waals surface area (Å²) in [6.45, 7) is 3.68. The summed E-state index contributed by atoms with van der Waals surface area (Å²) < 4.78 is 45.1. The summed E-state index contributed by atoms with van der Waals surface area (Å²) in [7, 11) is 0. The first kappa shape index (κ1) is 18.7. The third kappa shape index (κ3) is 2.64. The second-order valence-electron chi connectivity index (χ2n) is 7.43. The number of aromatic nitrogens is 2. The van der Waals surface area contributed by atoms with Crippen molar-refractivity contribution in [3.63, 3.8) is 0 Å². The van der Waals surface area contributed by atoms with Gasteiger partial charge in [-0.05, 0) is 31.0 Å².